The molecule has 1 aromatic carbocycles. The number of hydrogen-bond donors (Lipinski definition) is 3. The number of esters is 1. The van der Waals surface area contributed by atoms with Crippen LogP contribution in [0.25, 0.3) is 11.3 Å². The Bertz CT molecular complexity index is 937. The van der Waals surface area contributed by atoms with Crippen molar-refractivity contribution in [2.24, 2.45) is 0 Å². The molecule has 4 rings (SSSR count). The van der Waals surface area contributed by atoms with Gasteiger partial charge in [-0.05, 0) is 31.9 Å². The van der Waals surface area contributed by atoms with Gasteiger partial charge in [-0.2, -0.15) is 0 Å². The normalized spacial score (nSPS) is 19.9. The van der Waals surface area contributed by atoms with E-state index in [0.717, 1.165) is 43.0 Å². The van der Waals surface area contributed by atoms with Crippen LogP contribution < -0.4 is 10.6 Å². The lowest BCUT2D eigenvalue weighted by Crippen LogP contribution is -2.48. The van der Waals surface area contributed by atoms with Crippen molar-refractivity contribution in [3.63, 3.8) is 0 Å². The van der Waals surface area contributed by atoms with Crippen molar-refractivity contribution >= 4 is 12.0 Å². The second-order valence-electron chi connectivity index (χ2n) is 7.61. The number of amides is 2. The fraction of sp³-hybridized carbons (Fsp3) is 0.409. The summed E-state index contributed by atoms with van der Waals surface area (Å²) in [4.78, 5) is 34.5. The molecule has 1 fully saturated rings. The van der Waals surface area contributed by atoms with Crippen LogP contribution in [0.15, 0.2) is 47.8 Å². The van der Waals surface area contributed by atoms with Crippen molar-refractivity contribution in [1.29, 1.82) is 0 Å². The van der Waals surface area contributed by atoms with Crippen LogP contribution in [0.1, 0.15) is 31.5 Å². The summed E-state index contributed by atoms with van der Waals surface area (Å²) in [5.41, 5.74) is 3.25. The minimum atomic E-state index is -0.382. The maximum Gasteiger partial charge on any atom is 0.337 e. The lowest BCUT2D eigenvalue weighted by Gasteiger charge is -2.33. The number of H-pyrrole nitrogens is 1. The fourth-order valence-electron chi connectivity index (χ4n) is 4.04. The number of rotatable bonds is 6. The molecular weight excluding hydrogens is 382 g/mol. The first-order valence-electron chi connectivity index (χ1n) is 10.4. The maximum atomic E-state index is 12.3. The molecule has 0 spiro atoms. The zero-order valence-electron chi connectivity index (χ0n) is 17.1. The molecule has 3 heterocycles. The number of benzene rings is 1. The molecule has 30 heavy (non-hydrogen) atoms. The Balaban J connectivity index is 1.47. The summed E-state index contributed by atoms with van der Waals surface area (Å²) >= 11 is 0. The lowest BCUT2D eigenvalue weighted by atomic mass is 9.97. The molecule has 0 bridgehead atoms. The number of nitrogens with zero attached hydrogens (tertiary/aromatic N) is 2. The van der Waals surface area contributed by atoms with E-state index in [1.165, 1.54) is 0 Å². The third-order valence-electron chi connectivity index (χ3n) is 5.53. The minimum Gasteiger partial charge on any atom is -0.463 e. The summed E-state index contributed by atoms with van der Waals surface area (Å²) in [6, 6.07) is 9.87. The van der Waals surface area contributed by atoms with E-state index in [-0.39, 0.29) is 24.5 Å². The molecule has 8 heteroatoms. The van der Waals surface area contributed by atoms with Crippen LogP contribution in [0.5, 0.6) is 0 Å². The summed E-state index contributed by atoms with van der Waals surface area (Å²) in [5, 5.41) is 5.45. The number of likely N-dealkylation sites (tertiary alicyclic amines) is 1. The molecule has 2 amide bonds. The predicted octanol–water partition coefficient (Wildman–Crippen LogP) is 2.39. The molecule has 1 atom stereocenters. The average Bonchev–Trinajstić information content (AvgIpc) is 3.25. The van der Waals surface area contributed by atoms with Crippen LogP contribution in [0.2, 0.25) is 0 Å². The van der Waals surface area contributed by atoms with Gasteiger partial charge >= 0.3 is 12.0 Å². The number of piperidine rings is 1. The van der Waals surface area contributed by atoms with Gasteiger partial charge in [0.15, 0.2) is 0 Å². The molecule has 1 unspecified atom stereocenters. The molecule has 8 nitrogen and oxygen atoms in total. The number of carbonyl (C=O) groups is 2. The highest BCUT2D eigenvalue weighted by molar-refractivity contribution is 5.93. The zero-order chi connectivity index (χ0) is 20.9. The van der Waals surface area contributed by atoms with Crippen LogP contribution in [0, 0.1) is 0 Å². The molecular formula is C22H27N5O3. The van der Waals surface area contributed by atoms with E-state index in [1.54, 1.807) is 6.92 Å². The zero-order valence-corrected chi connectivity index (χ0v) is 17.1. The Morgan fingerprint density at radius 2 is 2.13 bits per heavy atom. The van der Waals surface area contributed by atoms with Gasteiger partial charge in [0.05, 0.1) is 30.6 Å². The number of ether oxygens (including phenoxy) is 1. The third kappa shape index (κ3) is 4.54. The summed E-state index contributed by atoms with van der Waals surface area (Å²) in [7, 11) is 0. The van der Waals surface area contributed by atoms with Gasteiger partial charge in [-0.15, -0.1) is 0 Å². The molecule has 158 valence electrons. The van der Waals surface area contributed by atoms with Crippen molar-refractivity contribution in [1.82, 2.24) is 25.5 Å². The number of urea groups is 1. The lowest BCUT2D eigenvalue weighted by molar-refractivity contribution is -0.138. The first-order valence-corrected chi connectivity index (χ1v) is 10.4. The van der Waals surface area contributed by atoms with Crippen molar-refractivity contribution in [3.8, 4) is 11.3 Å². The maximum absolute atomic E-state index is 12.3. The monoisotopic (exact) mass is 409 g/mol. The number of aromatic nitrogens is 2. The molecule has 0 aliphatic carbocycles. The smallest absolute Gasteiger partial charge is 0.337 e. The van der Waals surface area contributed by atoms with Crippen LogP contribution in [-0.4, -0.2) is 59.7 Å². The van der Waals surface area contributed by atoms with Gasteiger partial charge in [0.2, 0.25) is 0 Å². The summed E-state index contributed by atoms with van der Waals surface area (Å²) in [5.74, 6) is 0.875. The highest BCUT2D eigenvalue weighted by Crippen LogP contribution is 2.27. The van der Waals surface area contributed by atoms with Crippen LogP contribution in [0.4, 0.5) is 4.79 Å². The molecule has 1 saturated heterocycles. The molecule has 2 aliphatic heterocycles. The Labute approximate surface area is 175 Å². The van der Waals surface area contributed by atoms with Crippen LogP contribution in [0.3, 0.4) is 0 Å². The standard InChI is InChI=1S/C22H27N5O3/c1-2-30-21(28)17-11-24-22(29)26-19(17)14-27-10-6-9-16(13-27)20-23-12-18(25-20)15-7-4-3-5-8-15/h3-5,7-8,12,16H,2,6,9-11,13-14H2,1H3,(H,23,25)(H2,24,26,29). The molecule has 1 aromatic heterocycles. The summed E-state index contributed by atoms with van der Waals surface area (Å²) in [6.45, 7) is 4.49. The first kappa shape index (κ1) is 20.2. The Morgan fingerprint density at radius 3 is 2.93 bits per heavy atom. The topological polar surface area (TPSA) is 99.3 Å². The quantitative estimate of drug-likeness (QED) is 0.636. The van der Waals surface area contributed by atoms with Gasteiger partial charge < -0.3 is 20.4 Å². The van der Waals surface area contributed by atoms with Crippen molar-refractivity contribution in [3.05, 3.63) is 53.6 Å². The third-order valence-corrected chi connectivity index (χ3v) is 5.53. The second-order valence-corrected chi connectivity index (χ2v) is 7.61. The fourth-order valence-corrected chi connectivity index (χ4v) is 4.04. The van der Waals surface area contributed by atoms with E-state index in [4.69, 9.17) is 4.74 Å². The van der Waals surface area contributed by atoms with E-state index in [0.29, 0.717) is 24.4 Å². The molecule has 0 radical (unpaired) electrons. The Hall–Kier alpha value is -3.13. The van der Waals surface area contributed by atoms with Gasteiger partial charge in [-0.3, -0.25) is 4.90 Å². The predicted molar refractivity (Wildman–Crippen MR) is 113 cm³/mol. The van der Waals surface area contributed by atoms with E-state index in [9.17, 15) is 9.59 Å². The summed E-state index contributed by atoms with van der Waals surface area (Å²) in [6.07, 6.45) is 3.97. The van der Waals surface area contributed by atoms with E-state index < -0.39 is 0 Å². The van der Waals surface area contributed by atoms with Crippen molar-refractivity contribution in [2.75, 3.05) is 32.8 Å². The molecule has 2 aromatic rings. The number of imidazole rings is 1. The SMILES string of the molecule is CCOC(=O)C1=C(CN2CCCC(c3ncc(-c4ccccc4)[nH]3)C2)NC(=O)NC1. The number of nitrogens with one attached hydrogen (secondary N) is 3. The molecule has 0 saturated carbocycles. The van der Waals surface area contributed by atoms with Crippen molar-refractivity contribution in [2.45, 2.75) is 25.7 Å². The van der Waals surface area contributed by atoms with E-state index in [1.807, 2.05) is 24.4 Å². The number of aromatic amines is 1. The highest BCUT2D eigenvalue weighted by Gasteiger charge is 2.28. The van der Waals surface area contributed by atoms with Gasteiger partial charge in [-0.25, -0.2) is 14.6 Å². The number of carbonyl (C=O) groups excluding carboxylic acids is 2. The van der Waals surface area contributed by atoms with Gasteiger partial charge in [0.25, 0.3) is 0 Å². The van der Waals surface area contributed by atoms with Crippen LogP contribution in [-0.2, 0) is 9.53 Å². The van der Waals surface area contributed by atoms with Crippen LogP contribution >= 0.6 is 0 Å². The Morgan fingerprint density at radius 1 is 1.30 bits per heavy atom. The van der Waals surface area contributed by atoms with E-state index >= 15 is 0 Å². The largest absolute Gasteiger partial charge is 0.463 e. The first-order chi connectivity index (χ1) is 14.6. The highest BCUT2D eigenvalue weighted by atomic mass is 16.5. The average molecular weight is 409 g/mol. The Kier molecular flexibility index (Phi) is 6.13. The minimum absolute atomic E-state index is 0.190. The van der Waals surface area contributed by atoms with Crippen molar-refractivity contribution < 1.29 is 14.3 Å². The summed E-state index contributed by atoms with van der Waals surface area (Å²) < 4.78 is 5.15. The second kappa shape index (κ2) is 9.13. The van der Waals surface area contributed by atoms with E-state index in [2.05, 4.69) is 37.6 Å². The molecule has 2 aliphatic rings. The number of hydrogen-bond acceptors (Lipinski definition) is 5. The van der Waals surface area contributed by atoms with Gasteiger partial charge in [-0.1, -0.05) is 30.3 Å². The molecule has 3 N–H and O–H groups in total. The van der Waals surface area contributed by atoms with Gasteiger partial charge in [0, 0.05) is 24.7 Å². The van der Waals surface area contributed by atoms with Gasteiger partial charge in [0.1, 0.15) is 5.82 Å².